The van der Waals surface area contributed by atoms with Gasteiger partial charge in [-0.05, 0) is 77.5 Å². The highest BCUT2D eigenvalue weighted by Gasteiger charge is 2.10. The van der Waals surface area contributed by atoms with E-state index in [2.05, 4.69) is 47.2 Å². The first-order valence-electron chi connectivity index (χ1n) is 9.95. The molecule has 34 heavy (non-hydrogen) atoms. The second-order valence-corrected chi connectivity index (χ2v) is 11.2. The fourth-order valence-corrected chi connectivity index (χ4v) is 6.13. The van der Waals surface area contributed by atoms with E-state index in [1.807, 2.05) is 18.2 Å². The molecule has 10 heteroatoms. The van der Waals surface area contributed by atoms with Crippen LogP contribution in [0.25, 0.3) is 10.2 Å². The van der Waals surface area contributed by atoms with Gasteiger partial charge in [0.1, 0.15) is 5.75 Å². The van der Waals surface area contributed by atoms with Crippen molar-refractivity contribution in [1.82, 2.24) is 4.98 Å². The first kappa shape index (κ1) is 24.6. The lowest BCUT2D eigenvalue weighted by Gasteiger charge is -2.04. The Morgan fingerprint density at radius 3 is 2.65 bits per heavy atom. The molecule has 0 unspecified atom stereocenters. The summed E-state index contributed by atoms with van der Waals surface area (Å²) in [7, 11) is 0. The third-order valence-electron chi connectivity index (χ3n) is 4.66. The number of fused-ring (bicyclic) bond motifs is 1. The monoisotopic (exact) mass is 617 g/mol. The molecule has 172 valence electrons. The minimum atomic E-state index is -0.148. The van der Waals surface area contributed by atoms with Crippen molar-refractivity contribution < 1.29 is 14.7 Å². The summed E-state index contributed by atoms with van der Waals surface area (Å²) in [5, 5.41) is 13.0. The predicted octanol–water partition coefficient (Wildman–Crippen LogP) is 7.21. The molecule has 1 amide bonds. The summed E-state index contributed by atoms with van der Waals surface area (Å²) in [6.45, 7) is 1.50. The van der Waals surface area contributed by atoms with E-state index in [1.165, 1.54) is 30.0 Å². The number of phenols is 1. The van der Waals surface area contributed by atoms with E-state index in [0.29, 0.717) is 21.3 Å². The fourth-order valence-electron chi connectivity index (χ4n) is 2.98. The van der Waals surface area contributed by atoms with Gasteiger partial charge >= 0.3 is 0 Å². The summed E-state index contributed by atoms with van der Waals surface area (Å²) in [6, 6.07) is 16.0. The summed E-state index contributed by atoms with van der Waals surface area (Å²) < 4.78 is 3.15. The first-order valence-corrected chi connectivity index (χ1v) is 13.3. The summed E-state index contributed by atoms with van der Waals surface area (Å²) in [5.41, 5.74) is 3.40. The molecule has 6 nitrogen and oxygen atoms in total. The van der Waals surface area contributed by atoms with Gasteiger partial charge in [0.25, 0.3) is 0 Å². The molecule has 0 atom stereocenters. The van der Waals surface area contributed by atoms with Crippen LogP contribution in [-0.2, 0) is 4.79 Å². The SMILES string of the molecule is CC(=O)c1ccc(NC(=O)CSc2nc3ccc(N=Cc4cc(Br)cc(Br)c4O)cc3s2)cc1. The molecule has 1 heterocycles. The number of hydrogen-bond donors (Lipinski definition) is 2. The Balaban J connectivity index is 1.40. The van der Waals surface area contributed by atoms with Gasteiger partial charge in [-0.2, -0.15) is 0 Å². The second-order valence-electron chi connectivity index (χ2n) is 7.19. The minimum absolute atomic E-state index is 0.0162. The fraction of sp³-hybridized carbons (Fsp3) is 0.0833. The van der Waals surface area contributed by atoms with Gasteiger partial charge in [0.05, 0.1) is 26.1 Å². The molecule has 0 saturated carbocycles. The van der Waals surface area contributed by atoms with Crippen molar-refractivity contribution in [1.29, 1.82) is 0 Å². The summed E-state index contributed by atoms with van der Waals surface area (Å²) in [4.78, 5) is 32.7. The van der Waals surface area contributed by atoms with Gasteiger partial charge in [-0.1, -0.05) is 27.7 Å². The highest BCUT2D eigenvalue weighted by Crippen LogP contribution is 2.33. The van der Waals surface area contributed by atoms with Crippen LogP contribution in [0, 0.1) is 0 Å². The third kappa shape index (κ3) is 6.12. The minimum Gasteiger partial charge on any atom is -0.506 e. The number of ketones is 1. The molecule has 2 N–H and O–H groups in total. The number of Topliss-reactive ketones (excluding diaryl/α,β-unsaturated/α-hetero) is 1. The van der Waals surface area contributed by atoms with Gasteiger partial charge in [0, 0.05) is 27.5 Å². The highest BCUT2D eigenvalue weighted by atomic mass is 79.9. The lowest BCUT2D eigenvalue weighted by molar-refractivity contribution is -0.113. The Morgan fingerprint density at radius 2 is 1.91 bits per heavy atom. The van der Waals surface area contributed by atoms with Crippen LogP contribution in [0.15, 0.2) is 72.9 Å². The van der Waals surface area contributed by atoms with Crippen molar-refractivity contribution in [2.24, 2.45) is 4.99 Å². The second kappa shape index (κ2) is 10.8. The number of carbonyl (C=O) groups excluding carboxylic acids is 2. The van der Waals surface area contributed by atoms with Crippen LogP contribution in [0.2, 0.25) is 0 Å². The Kier molecular flexibility index (Phi) is 7.82. The molecule has 4 rings (SSSR count). The molecule has 0 saturated heterocycles. The van der Waals surface area contributed by atoms with Crippen molar-refractivity contribution in [2.45, 2.75) is 11.3 Å². The zero-order valence-corrected chi connectivity index (χ0v) is 22.5. The van der Waals surface area contributed by atoms with E-state index in [1.54, 1.807) is 42.6 Å². The summed E-state index contributed by atoms with van der Waals surface area (Å²) in [5.74, 6) is 0.177. The number of rotatable bonds is 7. The van der Waals surface area contributed by atoms with E-state index in [0.717, 1.165) is 24.7 Å². The lowest BCUT2D eigenvalue weighted by Crippen LogP contribution is -2.13. The number of phenolic OH excluding ortho intramolecular Hbond substituents is 1. The maximum atomic E-state index is 12.3. The number of nitrogens with zero attached hydrogens (tertiary/aromatic N) is 2. The Labute approximate surface area is 220 Å². The zero-order valence-electron chi connectivity index (χ0n) is 17.7. The van der Waals surface area contributed by atoms with Gasteiger partial charge in [-0.15, -0.1) is 11.3 Å². The van der Waals surface area contributed by atoms with Crippen molar-refractivity contribution in [3.05, 3.63) is 74.7 Å². The number of amides is 1. The molecule has 0 aliphatic rings. The topological polar surface area (TPSA) is 91.7 Å². The molecule has 0 aliphatic carbocycles. The van der Waals surface area contributed by atoms with Crippen molar-refractivity contribution in [2.75, 3.05) is 11.1 Å². The molecule has 0 aliphatic heterocycles. The van der Waals surface area contributed by atoms with Crippen LogP contribution in [0.1, 0.15) is 22.8 Å². The van der Waals surface area contributed by atoms with Crippen LogP contribution in [0.5, 0.6) is 5.75 Å². The molecular weight excluding hydrogens is 602 g/mol. The van der Waals surface area contributed by atoms with E-state index in [9.17, 15) is 14.7 Å². The normalized spacial score (nSPS) is 11.3. The molecule has 0 radical (unpaired) electrons. The average Bonchev–Trinajstić information content (AvgIpc) is 3.21. The molecule has 4 aromatic rings. The lowest BCUT2D eigenvalue weighted by atomic mass is 10.1. The van der Waals surface area contributed by atoms with Crippen LogP contribution in [-0.4, -0.2) is 33.7 Å². The number of thiazole rings is 1. The van der Waals surface area contributed by atoms with Crippen molar-refractivity contribution in [3.8, 4) is 5.75 Å². The largest absolute Gasteiger partial charge is 0.506 e. The number of benzene rings is 3. The van der Waals surface area contributed by atoms with Crippen LogP contribution in [0.3, 0.4) is 0 Å². The van der Waals surface area contributed by atoms with E-state index >= 15 is 0 Å². The highest BCUT2D eigenvalue weighted by molar-refractivity contribution is 9.11. The molecule has 0 bridgehead atoms. The molecular formula is C24H17Br2N3O3S2. The van der Waals surface area contributed by atoms with Gasteiger partial charge in [0.2, 0.25) is 5.91 Å². The first-order chi connectivity index (χ1) is 16.3. The smallest absolute Gasteiger partial charge is 0.234 e. The summed E-state index contributed by atoms with van der Waals surface area (Å²) in [6.07, 6.45) is 1.61. The number of aromatic nitrogens is 1. The number of hydrogen-bond acceptors (Lipinski definition) is 7. The maximum absolute atomic E-state index is 12.3. The quantitative estimate of drug-likeness (QED) is 0.130. The Bertz CT molecular complexity index is 1420. The molecule has 3 aromatic carbocycles. The number of aromatic hydroxyl groups is 1. The Morgan fingerprint density at radius 1 is 1.15 bits per heavy atom. The van der Waals surface area contributed by atoms with Crippen LogP contribution in [0.4, 0.5) is 11.4 Å². The number of carbonyl (C=O) groups is 2. The Hall–Kier alpha value is -2.53. The van der Waals surface area contributed by atoms with Crippen LogP contribution < -0.4 is 5.32 Å². The van der Waals surface area contributed by atoms with Crippen molar-refractivity contribution in [3.63, 3.8) is 0 Å². The standard InChI is InChI=1S/C24H17Br2N3O3S2/c1-13(30)14-2-4-17(5-3-14)28-22(31)12-33-24-29-20-7-6-18(10-21(20)34-24)27-11-15-8-16(25)9-19(26)23(15)32/h2-11,32H,12H2,1H3,(H,28,31). The maximum Gasteiger partial charge on any atom is 0.234 e. The number of anilines is 1. The predicted molar refractivity (Wildman–Crippen MR) is 146 cm³/mol. The van der Waals surface area contributed by atoms with E-state index in [-0.39, 0.29) is 23.2 Å². The number of halogens is 2. The van der Waals surface area contributed by atoms with Crippen LogP contribution >= 0.6 is 55.0 Å². The summed E-state index contributed by atoms with van der Waals surface area (Å²) >= 11 is 9.58. The van der Waals surface area contributed by atoms with E-state index < -0.39 is 0 Å². The zero-order chi connectivity index (χ0) is 24.2. The third-order valence-corrected chi connectivity index (χ3v) is 7.89. The van der Waals surface area contributed by atoms with Gasteiger partial charge in [0.15, 0.2) is 10.1 Å². The molecule has 0 spiro atoms. The molecule has 0 fully saturated rings. The average molecular weight is 619 g/mol. The van der Waals surface area contributed by atoms with Gasteiger partial charge < -0.3 is 10.4 Å². The van der Waals surface area contributed by atoms with Gasteiger partial charge in [-0.3, -0.25) is 14.6 Å². The van der Waals surface area contributed by atoms with E-state index in [4.69, 9.17) is 0 Å². The number of nitrogens with one attached hydrogen (secondary N) is 1. The number of thioether (sulfide) groups is 1. The van der Waals surface area contributed by atoms with Crippen molar-refractivity contribution >= 4 is 94.5 Å². The number of aliphatic imine (C=N–C) groups is 1. The molecule has 1 aromatic heterocycles. The van der Waals surface area contributed by atoms with Gasteiger partial charge in [-0.25, -0.2) is 4.98 Å².